The Morgan fingerprint density at radius 3 is 2.53 bits per heavy atom. The van der Waals surface area contributed by atoms with Crippen LogP contribution in [-0.4, -0.2) is 14.5 Å². The fourth-order valence-corrected chi connectivity index (χ4v) is 4.02. The van der Waals surface area contributed by atoms with Crippen LogP contribution in [0.5, 0.6) is 0 Å². The van der Waals surface area contributed by atoms with Crippen LogP contribution in [0.25, 0.3) is 0 Å². The number of hydrogen-bond donors (Lipinski definition) is 3. The molecule has 3 unspecified atom stereocenters. The molecule has 2 aliphatic carbocycles. The Balaban J connectivity index is 1.79. The van der Waals surface area contributed by atoms with Gasteiger partial charge in [-0.2, -0.15) is 0 Å². The van der Waals surface area contributed by atoms with E-state index in [1.807, 2.05) is 0 Å². The van der Waals surface area contributed by atoms with Crippen LogP contribution in [-0.2, 0) is 10.0 Å². The predicted molar refractivity (Wildman–Crippen MR) is 75.1 cm³/mol. The first kappa shape index (κ1) is 12.7. The molecule has 0 heterocycles. The number of sulfonamides is 1. The summed E-state index contributed by atoms with van der Waals surface area (Å²) in [5, 5.41) is 8.54. The normalized spacial score (nSPS) is 29.6. The van der Waals surface area contributed by atoms with Gasteiger partial charge in [0, 0.05) is 6.04 Å². The van der Waals surface area contributed by atoms with Crippen molar-refractivity contribution >= 4 is 21.4 Å². The van der Waals surface area contributed by atoms with Crippen molar-refractivity contribution in [3.05, 3.63) is 18.2 Å². The summed E-state index contributed by atoms with van der Waals surface area (Å²) in [6, 6.07) is 5.11. The lowest BCUT2D eigenvalue weighted by atomic mass is 9.95. The summed E-state index contributed by atoms with van der Waals surface area (Å²) in [6.07, 6.45) is 5.15. The van der Waals surface area contributed by atoms with Gasteiger partial charge in [0.2, 0.25) is 10.0 Å². The van der Waals surface area contributed by atoms with Gasteiger partial charge in [-0.15, -0.1) is 0 Å². The maximum absolute atomic E-state index is 11.2. The van der Waals surface area contributed by atoms with Crippen molar-refractivity contribution < 1.29 is 8.42 Å². The minimum absolute atomic E-state index is 0.0588. The van der Waals surface area contributed by atoms with Gasteiger partial charge in [-0.1, -0.05) is 6.42 Å². The number of rotatable bonds is 3. The lowest BCUT2D eigenvalue weighted by molar-refractivity contribution is 0.440. The summed E-state index contributed by atoms with van der Waals surface area (Å²) in [5.74, 6) is 1.59. The van der Waals surface area contributed by atoms with Crippen molar-refractivity contribution in [3.8, 4) is 0 Å². The molecule has 1 aromatic rings. The Bertz CT molecular complexity index is 600. The Kier molecular flexibility index (Phi) is 2.94. The third-order valence-electron chi connectivity index (χ3n) is 4.43. The van der Waals surface area contributed by atoms with Gasteiger partial charge in [0.15, 0.2) is 0 Å². The zero-order valence-corrected chi connectivity index (χ0v) is 11.5. The van der Waals surface area contributed by atoms with E-state index in [9.17, 15) is 8.42 Å². The Morgan fingerprint density at radius 2 is 2.00 bits per heavy atom. The van der Waals surface area contributed by atoms with Crippen LogP contribution < -0.4 is 16.2 Å². The molecule has 0 saturated heterocycles. The van der Waals surface area contributed by atoms with Gasteiger partial charge >= 0.3 is 0 Å². The van der Waals surface area contributed by atoms with Gasteiger partial charge in [0.05, 0.1) is 16.3 Å². The van der Waals surface area contributed by atoms with Gasteiger partial charge in [-0.3, -0.25) is 0 Å². The number of nitrogens with two attached hydrogens (primary N) is 2. The molecule has 0 radical (unpaired) electrons. The standard InChI is InChI=1S/C13H19N3O2S/c14-11-7-10(19(15,17)18)3-4-12(11)16-13-6-8-1-2-9(13)5-8/h3-4,7-9,13,16H,1-2,5-6,14H2,(H2,15,17,18). The molecule has 2 saturated carbocycles. The summed E-state index contributed by atoms with van der Waals surface area (Å²) in [7, 11) is -3.69. The van der Waals surface area contributed by atoms with Crippen molar-refractivity contribution in [3.63, 3.8) is 0 Å². The third kappa shape index (κ3) is 2.42. The third-order valence-corrected chi connectivity index (χ3v) is 5.34. The van der Waals surface area contributed by atoms with Crippen LogP contribution in [0.3, 0.4) is 0 Å². The van der Waals surface area contributed by atoms with E-state index in [0.29, 0.717) is 11.7 Å². The Morgan fingerprint density at radius 1 is 1.21 bits per heavy atom. The van der Waals surface area contributed by atoms with Gasteiger partial charge in [-0.25, -0.2) is 13.6 Å². The number of fused-ring (bicyclic) bond motifs is 2. The number of nitrogen functional groups attached to an aromatic ring is 1. The SMILES string of the molecule is Nc1cc(S(N)(=O)=O)ccc1NC1CC2CCC1C2. The molecule has 0 spiro atoms. The summed E-state index contributed by atoms with van der Waals surface area (Å²) in [4.78, 5) is 0.0588. The number of hydrogen-bond acceptors (Lipinski definition) is 4. The second-order valence-electron chi connectivity index (χ2n) is 5.72. The summed E-state index contributed by atoms with van der Waals surface area (Å²) >= 11 is 0. The molecule has 2 fully saturated rings. The van der Waals surface area contributed by atoms with Crippen molar-refractivity contribution in [2.75, 3.05) is 11.1 Å². The Labute approximate surface area is 113 Å². The van der Waals surface area contributed by atoms with Gasteiger partial charge in [0.1, 0.15) is 0 Å². The summed E-state index contributed by atoms with van der Waals surface area (Å²) < 4.78 is 22.5. The molecule has 5 nitrogen and oxygen atoms in total. The molecule has 5 N–H and O–H groups in total. The van der Waals surface area contributed by atoms with Crippen LogP contribution in [0.4, 0.5) is 11.4 Å². The highest BCUT2D eigenvalue weighted by Crippen LogP contribution is 2.45. The lowest BCUT2D eigenvalue weighted by Gasteiger charge is -2.24. The van der Waals surface area contributed by atoms with E-state index < -0.39 is 10.0 Å². The number of anilines is 2. The average Bonchev–Trinajstić information content (AvgIpc) is 2.92. The van der Waals surface area contributed by atoms with Gasteiger partial charge < -0.3 is 11.1 Å². The molecule has 2 bridgehead atoms. The monoisotopic (exact) mass is 281 g/mol. The fourth-order valence-electron chi connectivity index (χ4n) is 3.47. The van der Waals surface area contributed by atoms with E-state index in [-0.39, 0.29) is 4.90 Å². The molecule has 1 aromatic carbocycles. The maximum Gasteiger partial charge on any atom is 0.238 e. The van der Waals surface area contributed by atoms with Crippen LogP contribution in [0.2, 0.25) is 0 Å². The highest BCUT2D eigenvalue weighted by molar-refractivity contribution is 7.89. The lowest BCUT2D eigenvalue weighted by Crippen LogP contribution is -2.26. The van der Waals surface area contributed by atoms with Crippen molar-refractivity contribution in [1.29, 1.82) is 0 Å². The predicted octanol–water partition coefficient (Wildman–Crippen LogP) is 1.52. The van der Waals surface area contributed by atoms with Crippen LogP contribution >= 0.6 is 0 Å². The van der Waals surface area contributed by atoms with Crippen LogP contribution in [0, 0.1) is 11.8 Å². The van der Waals surface area contributed by atoms with Crippen LogP contribution in [0.15, 0.2) is 23.1 Å². The summed E-state index contributed by atoms with van der Waals surface area (Å²) in [5.41, 5.74) is 7.16. The van der Waals surface area contributed by atoms with Crippen molar-refractivity contribution in [1.82, 2.24) is 0 Å². The molecule has 0 amide bonds. The van der Waals surface area contributed by atoms with E-state index in [1.54, 1.807) is 6.07 Å². The van der Waals surface area contributed by atoms with E-state index in [2.05, 4.69) is 5.32 Å². The highest BCUT2D eigenvalue weighted by Gasteiger charge is 2.39. The zero-order valence-electron chi connectivity index (χ0n) is 10.7. The molecular weight excluding hydrogens is 262 g/mol. The highest BCUT2D eigenvalue weighted by atomic mass is 32.2. The first-order valence-electron chi connectivity index (χ1n) is 6.62. The number of nitrogens with one attached hydrogen (secondary N) is 1. The van der Waals surface area contributed by atoms with E-state index in [1.165, 1.54) is 37.8 Å². The quantitative estimate of drug-likeness (QED) is 0.731. The van der Waals surface area contributed by atoms with E-state index >= 15 is 0 Å². The smallest absolute Gasteiger partial charge is 0.238 e. The van der Waals surface area contributed by atoms with E-state index in [4.69, 9.17) is 10.9 Å². The second-order valence-corrected chi connectivity index (χ2v) is 7.28. The molecule has 19 heavy (non-hydrogen) atoms. The molecule has 2 aliphatic rings. The van der Waals surface area contributed by atoms with E-state index in [0.717, 1.165) is 17.5 Å². The molecule has 0 aromatic heterocycles. The first-order valence-corrected chi connectivity index (χ1v) is 8.17. The van der Waals surface area contributed by atoms with Crippen molar-refractivity contribution in [2.24, 2.45) is 17.0 Å². The minimum atomic E-state index is -3.69. The molecular formula is C13H19N3O2S. The topological polar surface area (TPSA) is 98.2 Å². The molecule has 3 rings (SSSR count). The van der Waals surface area contributed by atoms with Crippen molar-refractivity contribution in [2.45, 2.75) is 36.6 Å². The fraction of sp³-hybridized carbons (Fsp3) is 0.538. The zero-order chi connectivity index (χ0) is 13.6. The number of benzene rings is 1. The number of primary sulfonamides is 1. The molecule has 0 aliphatic heterocycles. The largest absolute Gasteiger partial charge is 0.397 e. The second kappa shape index (κ2) is 4.38. The Hall–Kier alpha value is -1.27. The summed E-state index contributed by atoms with van der Waals surface area (Å²) in [6.45, 7) is 0. The molecule has 3 atom stereocenters. The minimum Gasteiger partial charge on any atom is -0.397 e. The van der Waals surface area contributed by atoms with Gasteiger partial charge in [-0.05, 0) is 49.3 Å². The van der Waals surface area contributed by atoms with Gasteiger partial charge in [0.25, 0.3) is 0 Å². The van der Waals surface area contributed by atoms with Crippen LogP contribution in [0.1, 0.15) is 25.7 Å². The molecule has 104 valence electrons. The average molecular weight is 281 g/mol. The maximum atomic E-state index is 11.2. The first-order chi connectivity index (χ1) is 8.93. The molecule has 6 heteroatoms.